The molecule has 0 saturated carbocycles. The zero-order chi connectivity index (χ0) is 16.8. The first kappa shape index (κ1) is 20.3. The highest BCUT2D eigenvalue weighted by Crippen LogP contribution is 2.21. The molecular weight excluding hydrogens is 433 g/mol. The molecule has 140 valence electrons. The van der Waals surface area contributed by atoms with E-state index in [2.05, 4.69) is 27.3 Å². The molecule has 2 heterocycles. The molecule has 2 atom stereocenters. The van der Waals surface area contributed by atoms with Crippen molar-refractivity contribution in [2.45, 2.75) is 31.6 Å². The second-order valence-electron chi connectivity index (χ2n) is 6.16. The number of hydrogen-bond donors (Lipinski definition) is 1. The van der Waals surface area contributed by atoms with E-state index in [0.717, 1.165) is 50.8 Å². The van der Waals surface area contributed by atoms with E-state index in [1.165, 1.54) is 5.56 Å². The Morgan fingerprint density at radius 2 is 2.00 bits per heavy atom. The Balaban J connectivity index is 0.00000225. The molecule has 7 heteroatoms. The second-order valence-corrected chi connectivity index (χ2v) is 6.16. The first-order valence-corrected chi connectivity index (χ1v) is 8.62. The molecule has 3 rings (SSSR count). The number of guanidine groups is 1. The molecule has 0 bridgehead atoms. The normalized spacial score (nSPS) is 23.9. The third-order valence-electron chi connectivity index (χ3n) is 4.59. The van der Waals surface area contributed by atoms with Crippen LogP contribution in [0.3, 0.4) is 0 Å². The van der Waals surface area contributed by atoms with E-state index >= 15 is 0 Å². The Labute approximate surface area is 166 Å². The molecule has 2 aliphatic rings. The summed E-state index contributed by atoms with van der Waals surface area (Å²) in [6, 6.07) is 8.07. The molecule has 6 nitrogen and oxygen atoms in total. The van der Waals surface area contributed by atoms with Gasteiger partial charge in [0.05, 0.1) is 19.8 Å². The Kier molecular flexibility index (Phi) is 8.25. The maximum absolute atomic E-state index is 5.91. The van der Waals surface area contributed by atoms with Gasteiger partial charge in [0, 0.05) is 33.3 Å². The van der Waals surface area contributed by atoms with E-state index in [0.29, 0.717) is 6.61 Å². The van der Waals surface area contributed by atoms with E-state index in [-0.39, 0.29) is 36.2 Å². The van der Waals surface area contributed by atoms with Crippen molar-refractivity contribution in [3.05, 3.63) is 29.8 Å². The molecule has 2 saturated heterocycles. The number of halogens is 1. The summed E-state index contributed by atoms with van der Waals surface area (Å²) in [7, 11) is 3.50. The molecule has 0 radical (unpaired) electrons. The predicted octanol–water partition coefficient (Wildman–Crippen LogP) is 2.27. The van der Waals surface area contributed by atoms with Crippen LogP contribution in [0, 0.1) is 0 Å². The van der Waals surface area contributed by atoms with Crippen molar-refractivity contribution in [3.8, 4) is 5.75 Å². The van der Waals surface area contributed by atoms with Crippen molar-refractivity contribution >= 4 is 29.9 Å². The highest BCUT2D eigenvalue weighted by molar-refractivity contribution is 14.0. The zero-order valence-electron chi connectivity index (χ0n) is 14.9. The first-order valence-electron chi connectivity index (χ1n) is 8.62. The lowest BCUT2D eigenvalue weighted by Gasteiger charge is -2.37. The lowest BCUT2D eigenvalue weighted by Crippen LogP contribution is -2.53. The van der Waals surface area contributed by atoms with E-state index < -0.39 is 0 Å². The highest BCUT2D eigenvalue weighted by Gasteiger charge is 2.32. The van der Waals surface area contributed by atoms with Crippen molar-refractivity contribution in [3.63, 3.8) is 0 Å². The van der Waals surface area contributed by atoms with Gasteiger partial charge in [-0.25, -0.2) is 0 Å². The average Bonchev–Trinajstić information content (AvgIpc) is 3.18. The second kappa shape index (κ2) is 10.2. The minimum atomic E-state index is 0. The zero-order valence-corrected chi connectivity index (χ0v) is 17.3. The van der Waals surface area contributed by atoms with Gasteiger partial charge in [-0.2, -0.15) is 0 Å². The summed E-state index contributed by atoms with van der Waals surface area (Å²) in [6.45, 7) is 3.99. The number of hydrogen-bond acceptors (Lipinski definition) is 4. The van der Waals surface area contributed by atoms with E-state index in [1.807, 2.05) is 19.2 Å². The molecule has 0 aromatic heterocycles. The number of ether oxygens (including phenoxy) is 3. The fraction of sp³-hybridized carbons (Fsp3) is 0.611. The van der Waals surface area contributed by atoms with Gasteiger partial charge >= 0.3 is 0 Å². The average molecular weight is 461 g/mol. The maximum Gasteiger partial charge on any atom is 0.194 e. The molecule has 2 fully saturated rings. The van der Waals surface area contributed by atoms with Gasteiger partial charge in [-0.15, -0.1) is 24.0 Å². The molecule has 2 unspecified atom stereocenters. The Morgan fingerprint density at radius 1 is 1.24 bits per heavy atom. The summed E-state index contributed by atoms with van der Waals surface area (Å²) in [5, 5.41) is 3.44. The number of nitrogens with one attached hydrogen (secondary N) is 1. The minimum Gasteiger partial charge on any atom is -0.497 e. The van der Waals surface area contributed by atoms with Crippen LogP contribution < -0.4 is 10.1 Å². The monoisotopic (exact) mass is 461 g/mol. The summed E-state index contributed by atoms with van der Waals surface area (Å²) in [5.41, 5.74) is 1.20. The summed E-state index contributed by atoms with van der Waals surface area (Å²) in [6.07, 6.45) is 2.60. The smallest absolute Gasteiger partial charge is 0.194 e. The van der Waals surface area contributed by atoms with Crippen LogP contribution in [0.1, 0.15) is 18.4 Å². The summed E-state index contributed by atoms with van der Waals surface area (Å²) >= 11 is 0. The molecule has 25 heavy (non-hydrogen) atoms. The van der Waals surface area contributed by atoms with Crippen LogP contribution in [0.4, 0.5) is 0 Å². The molecule has 1 aromatic carbocycles. The standard InChI is InChI=1S/C18H27N3O3.HI/c1-19-18(20-12-14-5-7-15(22-2)8-6-14)21-9-11-24-17(13-21)16-4-3-10-23-16;/h5-8,16-17H,3-4,9-13H2,1-2H3,(H,19,20);1H. The summed E-state index contributed by atoms with van der Waals surface area (Å²) < 4.78 is 16.9. The highest BCUT2D eigenvalue weighted by atomic mass is 127. The van der Waals surface area contributed by atoms with Gasteiger partial charge in [-0.1, -0.05) is 12.1 Å². The van der Waals surface area contributed by atoms with Gasteiger partial charge in [0.2, 0.25) is 0 Å². The van der Waals surface area contributed by atoms with Gasteiger partial charge in [-0.05, 0) is 30.5 Å². The van der Waals surface area contributed by atoms with Crippen molar-refractivity contribution in [1.29, 1.82) is 0 Å². The first-order chi connectivity index (χ1) is 11.8. The maximum atomic E-state index is 5.91. The van der Waals surface area contributed by atoms with Crippen LogP contribution in [0.15, 0.2) is 29.3 Å². The molecule has 0 amide bonds. The quantitative estimate of drug-likeness (QED) is 0.424. The van der Waals surface area contributed by atoms with E-state index in [4.69, 9.17) is 14.2 Å². The lowest BCUT2D eigenvalue weighted by atomic mass is 10.1. The predicted molar refractivity (Wildman–Crippen MR) is 109 cm³/mol. The lowest BCUT2D eigenvalue weighted by molar-refractivity contribution is -0.0817. The number of morpholine rings is 1. The third kappa shape index (κ3) is 5.46. The molecule has 0 aliphatic carbocycles. The van der Waals surface area contributed by atoms with E-state index in [9.17, 15) is 0 Å². The third-order valence-corrected chi connectivity index (χ3v) is 4.59. The summed E-state index contributed by atoms with van der Waals surface area (Å²) in [5.74, 6) is 1.79. The number of methoxy groups -OCH3 is 1. The van der Waals surface area contributed by atoms with Crippen LogP contribution in [0.2, 0.25) is 0 Å². The van der Waals surface area contributed by atoms with E-state index in [1.54, 1.807) is 7.11 Å². The van der Waals surface area contributed by atoms with Crippen molar-refractivity contribution in [2.24, 2.45) is 4.99 Å². The summed E-state index contributed by atoms with van der Waals surface area (Å²) in [4.78, 5) is 6.70. The number of rotatable bonds is 4. The van der Waals surface area contributed by atoms with Gasteiger partial charge in [-0.3, -0.25) is 4.99 Å². The van der Waals surface area contributed by atoms with Crippen molar-refractivity contribution in [1.82, 2.24) is 10.2 Å². The number of benzene rings is 1. The SMILES string of the molecule is CN=C(NCc1ccc(OC)cc1)N1CCOC(C2CCCO2)C1.I. The Hall–Kier alpha value is -1.06. The van der Waals surface area contributed by atoms with Crippen LogP contribution in [-0.4, -0.2) is 63.5 Å². The van der Waals surface area contributed by atoms with Crippen molar-refractivity contribution < 1.29 is 14.2 Å². The van der Waals surface area contributed by atoms with Gasteiger partial charge in [0.25, 0.3) is 0 Å². The molecule has 0 spiro atoms. The Morgan fingerprint density at radius 3 is 2.64 bits per heavy atom. The fourth-order valence-electron chi connectivity index (χ4n) is 3.25. The van der Waals surface area contributed by atoms with Crippen LogP contribution in [0.5, 0.6) is 5.75 Å². The van der Waals surface area contributed by atoms with Gasteiger partial charge in [0.1, 0.15) is 11.9 Å². The molecule has 1 N–H and O–H groups in total. The Bertz CT molecular complexity index is 547. The largest absolute Gasteiger partial charge is 0.497 e. The topological polar surface area (TPSA) is 55.3 Å². The fourth-order valence-corrected chi connectivity index (χ4v) is 3.25. The minimum absolute atomic E-state index is 0. The molecule has 1 aromatic rings. The van der Waals surface area contributed by atoms with Crippen LogP contribution in [0.25, 0.3) is 0 Å². The van der Waals surface area contributed by atoms with Gasteiger partial charge in [0.15, 0.2) is 5.96 Å². The van der Waals surface area contributed by atoms with Gasteiger partial charge < -0.3 is 24.4 Å². The number of nitrogens with zero attached hydrogens (tertiary/aromatic N) is 2. The van der Waals surface area contributed by atoms with Crippen LogP contribution in [-0.2, 0) is 16.0 Å². The molecular formula is C18H28IN3O3. The van der Waals surface area contributed by atoms with Crippen molar-refractivity contribution in [2.75, 3.05) is 40.5 Å². The molecule has 2 aliphatic heterocycles. The van der Waals surface area contributed by atoms with Crippen LogP contribution >= 0.6 is 24.0 Å². The number of aliphatic imine (C=N–C) groups is 1.